The van der Waals surface area contributed by atoms with Gasteiger partial charge in [-0.3, -0.25) is 18.6 Å². The van der Waals surface area contributed by atoms with E-state index in [1.165, 1.54) is 116 Å². The Morgan fingerprint density at radius 1 is 0.525 bits per heavy atom. The number of carbonyl (C=O) groups excluding carboxylic acids is 2. The maximum atomic E-state index is 12.7. The second kappa shape index (κ2) is 44.0. The highest BCUT2D eigenvalue weighted by Gasteiger charge is 2.26. The van der Waals surface area contributed by atoms with Gasteiger partial charge in [0.2, 0.25) is 0 Å². The molecule has 344 valence electrons. The first-order valence-electron chi connectivity index (χ1n) is 23.9. The molecule has 0 bridgehead atoms. The molecule has 0 amide bonds. The highest BCUT2D eigenvalue weighted by Crippen LogP contribution is 2.43. The van der Waals surface area contributed by atoms with Gasteiger partial charge in [-0.2, -0.15) is 0 Å². The summed E-state index contributed by atoms with van der Waals surface area (Å²) < 4.78 is 33.6. The van der Waals surface area contributed by atoms with Crippen molar-refractivity contribution >= 4 is 19.8 Å². The molecule has 0 aliphatic rings. The van der Waals surface area contributed by atoms with E-state index in [1.807, 2.05) is 19.0 Å². The first-order valence-corrected chi connectivity index (χ1v) is 25.4. The third-order valence-electron chi connectivity index (χ3n) is 10.1. The van der Waals surface area contributed by atoms with Gasteiger partial charge >= 0.3 is 19.8 Å². The molecule has 1 N–H and O–H groups in total. The molecular weight excluding hydrogens is 762 g/mol. The van der Waals surface area contributed by atoms with Gasteiger partial charge in [0.05, 0.1) is 13.2 Å². The average Bonchev–Trinajstić information content (AvgIpc) is 3.20. The number of unbranched alkanes of at least 4 members (excludes halogenated alkanes) is 22. The molecule has 0 saturated heterocycles. The van der Waals surface area contributed by atoms with Crippen LogP contribution in [0.1, 0.15) is 206 Å². The molecule has 0 aliphatic heterocycles. The number of hydrogen-bond donors (Lipinski definition) is 1. The highest BCUT2D eigenvalue weighted by atomic mass is 31.2. The van der Waals surface area contributed by atoms with E-state index in [0.29, 0.717) is 13.0 Å². The minimum absolute atomic E-state index is 0.00393. The number of carbonyl (C=O) groups is 2. The number of likely N-dealkylation sites (N-methyl/N-ethyl adjacent to an activating group) is 1. The van der Waals surface area contributed by atoms with Gasteiger partial charge in [0.1, 0.15) is 6.61 Å². The van der Waals surface area contributed by atoms with Crippen LogP contribution in [0, 0.1) is 0 Å². The van der Waals surface area contributed by atoms with Crippen molar-refractivity contribution < 1.29 is 37.6 Å². The van der Waals surface area contributed by atoms with E-state index in [1.54, 1.807) is 0 Å². The molecule has 0 saturated carbocycles. The summed E-state index contributed by atoms with van der Waals surface area (Å²) in [6, 6.07) is 0. The minimum atomic E-state index is -4.37. The summed E-state index contributed by atoms with van der Waals surface area (Å²) in [5.74, 6) is -0.814. The molecule has 10 heteroatoms. The lowest BCUT2D eigenvalue weighted by Gasteiger charge is -2.20. The first-order chi connectivity index (χ1) is 28.7. The minimum Gasteiger partial charge on any atom is -0.462 e. The van der Waals surface area contributed by atoms with Crippen molar-refractivity contribution in [2.24, 2.45) is 0 Å². The lowest BCUT2D eigenvalue weighted by Crippen LogP contribution is -2.29. The maximum Gasteiger partial charge on any atom is 0.472 e. The van der Waals surface area contributed by atoms with Gasteiger partial charge in [0.15, 0.2) is 6.10 Å². The van der Waals surface area contributed by atoms with Gasteiger partial charge in [-0.05, 0) is 91.1 Å². The van der Waals surface area contributed by atoms with Gasteiger partial charge in [-0.15, -0.1) is 0 Å². The van der Waals surface area contributed by atoms with Crippen molar-refractivity contribution in [1.29, 1.82) is 0 Å². The third-order valence-corrected chi connectivity index (χ3v) is 11.1. The van der Waals surface area contributed by atoms with Gasteiger partial charge in [0.25, 0.3) is 0 Å². The van der Waals surface area contributed by atoms with Crippen molar-refractivity contribution in [3.8, 4) is 0 Å². The summed E-state index contributed by atoms with van der Waals surface area (Å²) in [6.07, 6.45) is 50.0. The number of phosphoric ester groups is 1. The smallest absolute Gasteiger partial charge is 0.462 e. The number of phosphoric acid groups is 1. The molecule has 2 unspecified atom stereocenters. The van der Waals surface area contributed by atoms with Crippen molar-refractivity contribution in [3.05, 3.63) is 48.6 Å². The van der Waals surface area contributed by atoms with Crippen LogP contribution in [0.2, 0.25) is 0 Å². The molecule has 0 aromatic rings. The van der Waals surface area contributed by atoms with Gasteiger partial charge in [0, 0.05) is 19.4 Å². The molecule has 0 radical (unpaired) electrons. The van der Waals surface area contributed by atoms with Crippen LogP contribution in [0.15, 0.2) is 48.6 Å². The Hall–Kier alpha value is -2.03. The monoisotopic (exact) mass is 852 g/mol. The zero-order valence-electron chi connectivity index (χ0n) is 38.4. The maximum absolute atomic E-state index is 12.7. The molecule has 0 aromatic carbocycles. The van der Waals surface area contributed by atoms with E-state index in [0.717, 1.165) is 57.8 Å². The quantitative estimate of drug-likeness (QED) is 0.0277. The number of ether oxygens (including phenoxy) is 2. The Morgan fingerprint density at radius 2 is 0.915 bits per heavy atom. The highest BCUT2D eigenvalue weighted by molar-refractivity contribution is 7.47. The van der Waals surface area contributed by atoms with E-state index < -0.39 is 26.5 Å². The summed E-state index contributed by atoms with van der Waals surface area (Å²) >= 11 is 0. The van der Waals surface area contributed by atoms with Gasteiger partial charge in [-0.25, -0.2) is 4.57 Å². The Kier molecular flexibility index (Phi) is 42.5. The summed E-state index contributed by atoms with van der Waals surface area (Å²) in [5, 5.41) is 0. The second-order valence-electron chi connectivity index (χ2n) is 16.3. The van der Waals surface area contributed by atoms with Crippen LogP contribution in [0.3, 0.4) is 0 Å². The molecular formula is C49H90NO8P. The summed E-state index contributed by atoms with van der Waals surface area (Å²) in [6.45, 7) is 4.27. The van der Waals surface area contributed by atoms with E-state index in [9.17, 15) is 19.0 Å². The molecule has 0 aliphatic carbocycles. The van der Waals surface area contributed by atoms with Crippen molar-refractivity contribution in [2.45, 2.75) is 213 Å². The SMILES string of the molecule is CCCCC/C=C\C/C=C\CCCCCCCCCCCC(=O)OCC(COP(=O)(O)OCCN(C)C)OC(=O)CCCCCCCCC/C=C\C/C=C\CCCCC. The molecule has 0 fully saturated rings. The van der Waals surface area contributed by atoms with Crippen LogP contribution < -0.4 is 0 Å². The van der Waals surface area contributed by atoms with E-state index in [-0.39, 0.29) is 32.0 Å². The fraction of sp³-hybridized carbons (Fsp3) is 0.796. The predicted octanol–water partition coefficient (Wildman–Crippen LogP) is 14.1. The van der Waals surface area contributed by atoms with Gasteiger partial charge < -0.3 is 19.3 Å². The Bertz CT molecular complexity index is 1120. The second-order valence-corrected chi connectivity index (χ2v) is 17.7. The standard InChI is InChI=1S/C49H90NO8P/c1-5-7-9-11-13-15-17-19-21-23-24-26-27-29-31-33-35-37-39-41-48(51)55-45-47(46-57-59(53,54)56-44-43-50(3)4)58-49(52)42-40-38-36-34-32-30-28-25-22-20-18-16-14-12-10-8-6-2/h13-16,19-22,47H,5-12,17-18,23-46H2,1-4H3,(H,53,54)/b15-13-,16-14-,21-19-,22-20-. The van der Waals surface area contributed by atoms with Crippen molar-refractivity contribution in [2.75, 3.05) is 40.5 Å². The van der Waals surface area contributed by atoms with Gasteiger partial charge in [-0.1, -0.05) is 165 Å². The fourth-order valence-electron chi connectivity index (χ4n) is 6.39. The van der Waals surface area contributed by atoms with Crippen LogP contribution in [-0.2, 0) is 32.7 Å². The fourth-order valence-corrected chi connectivity index (χ4v) is 7.14. The molecule has 0 spiro atoms. The van der Waals surface area contributed by atoms with Crippen LogP contribution >= 0.6 is 7.82 Å². The molecule has 9 nitrogen and oxygen atoms in total. The molecule has 2 atom stereocenters. The normalized spacial score (nSPS) is 13.7. The molecule has 0 aromatic heterocycles. The van der Waals surface area contributed by atoms with Crippen molar-refractivity contribution in [1.82, 2.24) is 4.90 Å². The zero-order chi connectivity index (χ0) is 43.3. The number of allylic oxidation sites excluding steroid dienone is 8. The number of esters is 2. The number of rotatable bonds is 44. The molecule has 59 heavy (non-hydrogen) atoms. The van der Waals surface area contributed by atoms with E-state index in [4.69, 9.17) is 18.5 Å². The lowest BCUT2D eigenvalue weighted by molar-refractivity contribution is -0.161. The largest absolute Gasteiger partial charge is 0.472 e. The summed E-state index contributed by atoms with van der Waals surface area (Å²) in [4.78, 5) is 37.1. The topological polar surface area (TPSA) is 112 Å². The van der Waals surface area contributed by atoms with Crippen LogP contribution in [0.5, 0.6) is 0 Å². The van der Waals surface area contributed by atoms with Crippen LogP contribution in [0.4, 0.5) is 0 Å². The molecule has 0 heterocycles. The third kappa shape index (κ3) is 45.3. The first kappa shape index (κ1) is 57.0. The number of hydrogen-bond acceptors (Lipinski definition) is 8. The Balaban J connectivity index is 4.24. The number of nitrogens with zero attached hydrogens (tertiary/aromatic N) is 1. The summed E-state index contributed by atoms with van der Waals surface area (Å²) in [5.41, 5.74) is 0. The van der Waals surface area contributed by atoms with E-state index >= 15 is 0 Å². The van der Waals surface area contributed by atoms with Crippen LogP contribution in [0.25, 0.3) is 0 Å². The average molecular weight is 852 g/mol. The lowest BCUT2D eigenvalue weighted by atomic mass is 10.1. The molecule has 0 rings (SSSR count). The van der Waals surface area contributed by atoms with Crippen LogP contribution in [-0.4, -0.2) is 68.3 Å². The Morgan fingerprint density at radius 3 is 1.34 bits per heavy atom. The Labute approximate surface area is 362 Å². The summed E-state index contributed by atoms with van der Waals surface area (Å²) in [7, 11) is -0.720. The van der Waals surface area contributed by atoms with E-state index in [2.05, 4.69) is 62.5 Å². The predicted molar refractivity (Wildman–Crippen MR) is 248 cm³/mol. The zero-order valence-corrected chi connectivity index (χ0v) is 39.3. The van der Waals surface area contributed by atoms with Crippen molar-refractivity contribution in [3.63, 3.8) is 0 Å².